The number of carbonyl (C=O) groups excluding carboxylic acids is 2. The molecule has 1 N–H and O–H groups in total. The monoisotopic (exact) mass is 297 g/mol. The van der Waals surface area contributed by atoms with E-state index in [1.807, 2.05) is 6.07 Å². The molecular weight excluding hydrogens is 286 g/mol. The Balaban J connectivity index is 1.88. The van der Waals surface area contributed by atoms with Gasteiger partial charge in [0, 0.05) is 17.8 Å². The van der Waals surface area contributed by atoms with Crippen molar-refractivity contribution < 1.29 is 19.1 Å². The number of nitriles is 1. The molecule has 0 bridgehead atoms. The molecular formula is C15H11N3O4. The number of anilines is 1. The number of rotatable bonds is 4. The van der Waals surface area contributed by atoms with Gasteiger partial charge in [0.05, 0.1) is 17.2 Å². The lowest BCUT2D eigenvalue weighted by Gasteiger charge is -2.06. The third-order valence-corrected chi connectivity index (χ3v) is 2.65. The minimum Gasteiger partial charge on any atom is -0.619 e. The van der Waals surface area contributed by atoms with Crippen LogP contribution in [0.15, 0.2) is 48.8 Å². The number of hydrogen-bond donors (Lipinski definition) is 1. The Morgan fingerprint density at radius 1 is 1.27 bits per heavy atom. The van der Waals surface area contributed by atoms with E-state index in [1.54, 1.807) is 18.2 Å². The Labute approximate surface area is 126 Å². The van der Waals surface area contributed by atoms with Crippen molar-refractivity contribution in [1.82, 2.24) is 0 Å². The lowest BCUT2D eigenvalue weighted by atomic mass is 10.2. The second kappa shape index (κ2) is 6.85. The van der Waals surface area contributed by atoms with Gasteiger partial charge in [-0.15, -0.1) is 0 Å². The van der Waals surface area contributed by atoms with Crippen molar-refractivity contribution in [2.24, 2.45) is 0 Å². The van der Waals surface area contributed by atoms with Crippen LogP contribution < -0.4 is 10.0 Å². The summed E-state index contributed by atoms with van der Waals surface area (Å²) in [6.07, 6.45) is 2.31. The fraction of sp³-hybridized carbons (Fsp3) is 0.0667. The third-order valence-electron chi connectivity index (χ3n) is 2.65. The van der Waals surface area contributed by atoms with Crippen LogP contribution in [0.1, 0.15) is 15.9 Å². The van der Waals surface area contributed by atoms with E-state index in [0.29, 0.717) is 16.0 Å². The molecule has 1 amide bonds. The van der Waals surface area contributed by atoms with Crippen molar-refractivity contribution >= 4 is 17.6 Å². The van der Waals surface area contributed by atoms with E-state index in [-0.39, 0.29) is 5.56 Å². The van der Waals surface area contributed by atoms with Gasteiger partial charge in [0.1, 0.15) is 0 Å². The maximum atomic E-state index is 11.7. The molecule has 1 aromatic carbocycles. The first-order valence-electron chi connectivity index (χ1n) is 6.24. The highest BCUT2D eigenvalue weighted by molar-refractivity contribution is 5.95. The van der Waals surface area contributed by atoms with Crippen LogP contribution in [0.25, 0.3) is 0 Å². The summed E-state index contributed by atoms with van der Waals surface area (Å²) in [4.78, 5) is 23.3. The zero-order valence-corrected chi connectivity index (χ0v) is 11.4. The largest absolute Gasteiger partial charge is 0.619 e. The zero-order valence-electron chi connectivity index (χ0n) is 11.4. The molecule has 0 saturated heterocycles. The molecule has 0 unspecified atom stereocenters. The van der Waals surface area contributed by atoms with Crippen LogP contribution in [0.2, 0.25) is 0 Å². The molecule has 2 aromatic rings. The Bertz CT molecular complexity index is 735. The fourth-order valence-electron chi connectivity index (χ4n) is 1.63. The number of hydrogen-bond acceptors (Lipinski definition) is 5. The average molecular weight is 297 g/mol. The lowest BCUT2D eigenvalue weighted by molar-refractivity contribution is -0.605. The second-order valence-corrected chi connectivity index (χ2v) is 4.26. The summed E-state index contributed by atoms with van der Waals surface area (Å²) >= 11 is 0. The number of nitrogens with zero attached hydrogens (tertiary/aromatic N) is 2. The number of amides is 1. The van der Waals surface area contributed by atoms with Crippen LogP contribution in [0.4, 0.5) is 5.69 Å². The van der Waals surface area contributed by atoms with Gasteiger partial charge in [0.15, 0.2) is 19.0 Å². The topological polar surface area (TPSA) is 106 Å². The van der Waals surface area contributed by atoms with E-state index in [4.69, 9.17) is 10.00 Å². The maximum absolute atomic E-state index is 11.7. The highest BCUT2D eigenvalue weighted by atomic mass is 16.5. The SMILES string of the molecule is N#Cc1cccc(NC(=O)COC(=O)c2cc[n+]([O-])cc2)c1. The van der Waals surface area contributed by atoms with E-state index in [0.717, 1.165) is 12.4 Å². The molecule has 0 atom stereocenters. The number of pyridine rings is 1. The molecule has 1 heterocycles. The Kier molecular flexibility index (Phi) is 4.67. The minimum absolute atomic E-state index is 0.173. The van der Waals surface area contributed by atoms with Crippen LogP contribution >= 0.6 is 0 Å². The molecule has 0 aliphatic rings. The van der Waals surface area contributed by atoms with Gasteiger partial charge < -0.3 is 15.3 Å². The normalized spacial score (nSPS) is 9.59. The van der Waals surface area contributed by atoms with Gasteiger partial charge in [-0.25, -0.2) is 4.79 Å². The van der Waals surface area contributed by atoms with E-state index in [1.165, 1.54) is 18.2 Å². The first-order valence-corrected chi connectivity index (χ1v) is 6.24. The smallest absolute Gasteiger partial charge is 0.339 e. The number of carbonyl (C=O) groups is 2. The predicted molar refractivity (Wildman–Crippen MR) is 75.5 cm³/mol. The molecule has 2 rings (SSSR count). The van der Waals surface area contributed by atoms with Gasteiger partial charge in [-0.3, -0.25) is 4.79 Å². The Morgan fingerprint density at radius 3 is 2.68 bits per heavy atom. The van der Waals surface area contributed by atoms with Gasteiger partial charge in [0.2, 0.25) is 0 Å². The van der Waals surface area contributed by atoms with Crippen molar-refractivity contribution in [2.75, 3.05) is 11.9 Å². The molecule has 110 valence electrons. The number of nitrogens with one attached hydrogen (secondary N) is 1. The van der Waals surface area contributed by atoms with Crippen LogP contribution in [-0.2, 0) is 9.53 Å². The van der Waals surface area contributed by atoms with E-state index in [2.05, 4.69) is 5.32 Å². The predicted octanol–water partition coefficient (Wildman–Crippen LogP) is 0.987. The molecule has 7 nitrogen and oxygen atoms in total. The van der Waals surface area contributed by atoms with Crippen LogP contribution in [0, 0.1) is 16.5 Å². The Hall–Kier alpha value is -3.40. The van der Waals surface area contributed by atoms with Crippen molar-refractivity contribution in [3.8, 4) is 6.07 Å². The first-order chi connectivity index (χ1) is 10.6. The standard InChI is InChI=1S/C15H11N3O4/c16-9-11-2-1-3-13(8-11)17-14(19)10-22-15(20)12-4-6-18(21)7-5-12/h1-8H,10H2,(H,17,19). The van der Waals surface area contributed by atoms with Crippen LogP contribution in [0.5, 0.6) is 0 Å². The maximum Gasteiger partial charge on any atom is 0.339 e. The molecule has 0 spiro atoms. The summed E-state index contributed by atoms with van der Waals surface area (Å²) in [6.45, 7) is -0.470. The van der Waals surface area contributed by atoms with E-state index >= 15 is 0 Å². The number of aromatic nitrogens is 1. The number of ether oxygens (including phenoxy) is 1. The summed E-state index contributed by atoms with van der Waals surface area (Å²) < 4.78 is 5.36. The van der Waals surface area contributed by atoms with Gasteiger partial charge in [-0.1, -0.05) is 6.07 Å². The molecule has 1 aromatic heterocycles. The Morgan fingerprint density at radius 2 is 2.00 bits per heavy atom. The third kappa shape index (κ3) is 4.05. The highest BCUT2D eigenvalue weighted by Gasteiger charge is 2.11. The first kappa shape index (κ1) is 15.0. The quantitative estimate of drug-likeness (QED) is 0.514. The summed E-state index contributed by atoms with van der Waals surface area (Å²) in [5, 5.41) is 22.1. The van der Waals surface area contributed by atoms with Crippen molar-refractivity contribution in [3.05, 3.63) is 65.1 Å². The average Bonchev–Trinajstić information content (AvgIpc) is 2.53. The summed E-state index contributed by atoms with van der Waals surface area (Å²) in [5.41, 5.74) is 1.02. The van der Waals surface area contributed by atoms with E-state index in [9.17, 15) is 14.8 Å². The van der Waals surface area contributed by atoms with Gasteiger partial charge in [-0.05, 0) is 18.2 Å². The second-order valence-electron chi connectivity index (χ2n) is 4.26. The molecule has 0 fully saturated rings. The summed E-state index contributed by atoms with van der Waals surface area (Å²) in [6, 6.07) is 10.9. The van der Waals surface area contributed by atoms with Gasteiger partial charge in [0.25, 0.3) is 5.91 Å². The molecule has 0 aliphatic heterocycles. The van der Waals surface area contributed by atoms with Crippen LogP contribution in [0.3, 0.4) is 0 Å². The summed E-state index contributed by atoms with van der Waals surface area (Å²) in [7, 11) is 0. The van der Waals surface area contributed by atoms with Gasteiger partial charge >= 0.3 is 5.97 Å². The van der Waals surface area contributed by atoms with Gasteiger partial charge in [-0.2, -0.15) is 9.99 Å². The molecule has 22 heavy (non-hydrogen) atoms. The number of benzene rings is 1. The molecule has 0 radical (unpaired) electrons. The minimum atomic E-state index is -0.707. The summed E-state index contributed by atoms with van der Waals surface area (Å²) in [5.74, 6) is -1.24. The fourth-order valence-corrected chi connectivity index (χ4v) is 1.63. The van der Waals surface area contributed by atoms with Crippen molar-refractivity contribution in [2.45, 2.75) is 0 Å². The number of esters is 1. The lowest BCUT2D eigenvalue weighted by Crippen LogP contribution is -2.25. The van der Waals surface area contributed by atoms with Crippen molar-refractivity contribution in [3.63, 3.8) is 0 Å². The molecule has 0 aliphatic carbocycles. The molecule has 7 heteroatoms. The van der Waals surface area contributed by atoms with E-state index < -0.39 is 18.5 Å². The molecule has 0 saturated carbocycles. The van der Waals surface area contributed by atoms with Crippen molar-refractivity contribution in [1.29, 1.82) is 5.26 Å². The highest BCUT2D eigenvalue weighted by Crippen LogP contribution is 2.09. The zero-order chi connectivity index (χ0) is 15.9. The van der Waals surface area contributed by atoms with Crippen LogP contribution in [-0.4, -0.2) is 18.5 Å².